The molecule has 1 atom stereocenters. The Kier molecular flexibility index (Phi) is 3.06. The maximum Gasteiger partial charge on any atom is 0.115 e. The molecular weight excluding hydrogens is 190 g/mol. The minimum atomic E-state index is 0.144. The van der Waals surface area contributed by atoms with Crippen molar-refractivity contribution in [3.63, 3.8) is 0 Å². The number of ether oxygens (including phenoxy) is 1. The molecule has 0 amide bonds. The molecule has 1 unspecified atom stereocenters. The Morgan fingerprint density at radius 2 is 2.53 bits per heavy atom. The number of rotatable bonds is 4. The molecule has 4 heteroatoms. The van der Waals surface area contributed by atoms with Crippen LogP contribution in [0, 0.1) is 0 Å². The minimum Gasteiger partial charge on any atom is -0.496 e. The first-order valence-corrected chi connectivity index (χ1v) is 5.35. The fraction of sp³-hybridized carbons (Fsp3) is 0.545. The molecule has 0 aromatic carbocycles. The molecule has 0 aliphatic carbocycles. The number of likely N-dealkylation sites (N-methyl/N-ethyl adjacent to an activating group) is 1. The zero-order valence-corrected chi connectivity index (χ0v) is 9.23. The van der Waals surface area contributed by atoms with Gasteiger partial charge < -0.3 is 14.6 Å². The van der Waals surface area contributed by atoms with Crippen LogP contribution in [0.4, 0.5) is 0 Å². The van der Waals surface area contributed by atoms with E-state index in [-0.39, 0.29) is 6.04 Å². The van der Waals surface area contributed by atoms with Crippen LogP contribution < -0.4 is 5.32 Å². The van der Waals surface area contributed by atoms with Gasteiger partial charge in [-0.1, -0.05) is 6.92 Å². The fourth-order valence-electron chi connectivity index (χ4n) is 1.84. The molecule has 1 aromatic rings. The van der Waals surface area contributed by atoms with E-state index in [1.54, 1.807) is 0 Å². The number of imidazole rings is 1. The molecule has 0 fully saturated rings. The third-order valence-corrected chi connectivity index (χ3v) is 2.57. The number of hydrogen-bond donors (Lipinski definition) is 1. The van der Waals surface area contributed by atoms with Crippen LogP contribution in [0.25, 0.3) is 0 Å². The normalized spacial score (nSPS) is 17.3. The molecule has 1 aliphatic rings. The van der Waals surface area contributed by atoms with E-state index in [1.807, 2.05) is 24.1 Å². The predicted molar refractivity (Wildman–Crippen MR) is 58.3 cm³/mol. The maximum atomic E-state index is 5.60. The van der Waals surface area contributed by atoms with Crippen LogP contribution in [0.5, 0.6) is 0 Å². The van der Waals surface area contributed by atoms with Gasteiger partial charge >= 0.3 is 0 Å². The first-order chi connectivity index (χ1) is 7.33. The first kappa shape index (κ1) is 10.2. The standard InChI is InChI=1S/C11H17N3O/c1-3-13-11(10-5-4-6-15-10)9-7-12-8-14(9)2/h5,7-8,11,13H,3-4,6H2,1-2H3. The lowest BCUT2D eigenvalue weighted by atomic mass is 10.1. The van der Waals surface area contributed by atoms with Crippen molar-refractivity contribution in [2.45, 2.75) is 19.4 Å². The fourth-order valence-corrected chi connectivity index (χ4v) is 1.84. The van der Waals surface area contributed by atoms with Crippen molar-refractivity contribution >= 4 is 0 Å². The number of nitrogens with one attached hydrogen (secondary N) is 1. The molecule has 2 heterocycles. The van der Waals surface area contributed by atoms with Gasteiger partial charge in [-0.15, -0.1) is 0 Å². The van der Waals surface area contributed by atoms with E-state index in [4.69, 9.17) is 4.74 Å². The summed E-state index contributed by atoms with van der Waals surface area (Å²) in [5.41, 5.74) is 1.14. The molecule has 0 saturated carbocycles. The van der Waals surface area contributed by atoms with E-state index in [9.17, 15) is 0 Å². The van der Waals surface area contributed by atoms with Gasteiger partial charge in [-0.05, 0) is 12.6 Å². The van der Waals surface area contributed by atoms with Crippen molar-refractivity contribution in [3.8, 4) is 0 Å². The van der Waals surface area contributed by atoms with Crippen LogP contribution in [0.3, 0.4) is 0 Å². The molecule has 4 nitrogen and oxygen atoms in total. The summed E-state index contributed by atoms with van der Waals surface area (Å²) in [5, 5.41) is 3.41. The summed E-state index contributed by atoms with van der Waals surface area (Å²) in [6.07, 6.45) is 6.86. The Morgan fingerprint density at radius 3 is 3.07 bits per heavy atom. The number of hydrogen-bond acceptors (Lipinski definition) is 3. The van der Waals surface area contributed by atoms with Crippen LogP contribution in [0.2, 0.25) is 0 Å². The Hall–Kier alpha value is -1.29. The zero-order chi connectivity index (χ0) is 10.7. The summed E-state index contributed by atoms with van der Waals surface area (Å²) < 4.78 is 7.63. The molecule has 82 valence electrons. The van der Waals surface area contributed by atoms with E-state index in [0.717, 1.165) is 31.0 Å². The Morgan fingerprint density at radius 1 is 1.67 bits per heavy atom. The van der Waals surface area contributed by atoms with Crippen molar-refractivity contribution in [1.82, 2.24) is 14.9 Å². The molecule has 1 N–H and O–H groups in total. The van der Waals surface area contributed by atoms with Crippen LogP contribution >= 0.6 is 0 Å². The summed E-state index contributed by atoms with van der Waals surface area (Å²) in [6.45, 7) is 3.81. The van der Waals surface area contributed by atoms with Gasteiger partial charge in [0.1, 0.15) is 11.8 Å². The third-order valence-electron chi connectivity index (χ3n) is 2.57. The highest BCUT2D eigenvalue weighted by molar-refractivity contribution is 5.19. The van der Waals surface area contributed by atoms with E-state index >= 15 is 0 Å². The van der Waals surface area contributed by atoms with Gasteiger partial charge in [-0.3, -0.25) is 0 Å². The molecular formula is C11H17N3O. The lowest BCUT2D eigenvalue weighted by molar-refractivity contribution is 0.214. The third kappa shape index (κ3) is 2.04. The number of aromatic nitrogens is 2. The summed E-state index contributed by atoms with van der Waals surface area (Å²) in [5.74, 6) is 1.03. The largest absolute Gasteiger partial charge is 0.496 e. The average molecular weight is 207 g/mol. The second-order valence-electron chi connectivity index (χ2n) is 3.66. The van der Waals surface area contributed by atoms with Gasteiger partial charge in [-0.25, -0.2) is 4.98 Å². The van der Waals surface area contributed by atoms with E-state index < -0.39 is 0 Å². The quantitative estimate of drug-likeness (QED) is 0.810. The SMILES string of the molecule is CCNC(C1=CCCO1)c1cncn1C. The number of aryl methyl sites for hydroxylation is 1. The van der Waals surface area contributed by atoms with Crippen molar-refractivity contribution in [2.24, 2.45) is 7.05 Å². The minimum absolute atomic E-state index is 0.144. The van der Waals surface area contributed by atoms with Crippen LogP contribution in [-0.4, -0.2) is 22.7 Å². The first-order valence-electron chi connectivity index (χ1n) is 5.35. The van der Waals surface area contributed by atoms with Crippen molar-refractivity contribution in [1.29, 1.82) is 0 Å². The van der Waals surface area contributed by atoms with Crippen LogP contribution in [0.1, 0.15) is 25.1 Å². The predicted octanol–water partition coefficient (Wildman–Crippen LogP) is 1.37. The molecule has 15 heavy (non-hydrogen) atoms. The van der Waals surface area contributed by atoms with E-state index in [1.165, 1.54) is 0 Å². The van der Waals surface area contributed by atoms with E-state index in [2.05, 4.69) is 23.3 Å². The Balaban J connectivity index is 2.23. The van der Waals surface area contributed by atoms with Crippen LogP contribution in [0.15, 0.2) is 24.4 Å². The van der Waals surface area contributed by atoms with Gasteiger partial charge in [0.2, 0.25) is 0 Å². The Labute approximate surface area is 90.0 Å². The Bertz CT molecular complexity index is 356. The van der Waals surface area contributed by atoms with Crippen molar-refractivity contribution in [2.75, 3.05) is 13.2 Å². The lowest BCUT2D eigenvalue weighted by Gasteiger charge is -2.19. The highest BCUT2D eigenvalue weighted by Gasteiger charge is 2.22. The van der Waals surface area contributed by atoms with Gasteiger partial charge in [0, 0.05) is 13.5 Å². The second kappa shape index (κ2) is 4.49. The molecule has 0 bridgehead atoms. The zero-order valence-electron chi connectivity index (χ0n) is 9.23. The summed E-state index contributed by atoms with van der Waals surface area (Å²) in [6, 6.07) is 0.144. The lowest BCUT2D eigenvalue weighted by Crippen LogP contribution is -2.24. The summed E-state index contributed by atoms with van der Waals surface area (Å²) >= 11 is 0. The molecule has 1 aromatic heterocycles. The molecule has 1 aliphatic heterocycles. The number of nitrogens with zero attached hydrogens (tertiary/aromatic N) is 2. The average Bonchev–Trinajstić information content (AvgIpc) is 2.85. The van der Waals surface area contributed by atoms with E-state index in [0.29, 0.717) is 0 Å². The highest BCUT2D eigenvalue weighted by Crippen LogP contribution is 2.25. The van der Waals surface area contributed by atoms with Crippen LogP contribution in [-0.2, 0) is 11.8 Å². The van der Waals surface area contributed by atoms with Gasteiger partial charge in [0.05, 0.1) is 24.8 Å². The molecule has 0 radical (unpaired) electrons. The second-order valence-corrected chi connectivity index (χ2v) is 3.66. The molecule has 0 spiro atoms. The summed E-state index contributed by atoms with van der Waals surface area (Å²) in [7, 11) is 2.00. The monoisotopic (exact) mass is 207 g/mol. The maximum absolute atomic E-state index is 5.60. The smallest absolute Gasteiger partial charge is 0.115 e. The molecule has 0 saturated heterocycles. The van der Waals surface area contributed by atoms with Crippen molar-refractivity contribution in [3.05, 3.63) is 30.1 Å². The summed E-state index contributed by atoms with van der Waals surface area (Å²) in [4.78, 5) is 4.14. The topological polar surface area (TPSA) is 39.1 Å². The van der Waals surface area contributed by atoms with Gasteiger partial charge in [0.25, 0.3) is 0 Å². The van der Waals surface area contributed by atoms with Gasteiger partial charge in [-0.2, -0.15) is 0 Å². The van der Waals surface area contributed by atoms with Gasteiger partial charge in [0.15, 0.2) is 0 Å². The highest BCUT2D eigenvalue weighted by atomic mass is 16.5. The van der Waals surface area contributed by atoms with Crippen molar-refractivity contribution < 1.29 is 4.74 Å². The molecule has 2 rings (SSSR count).